The van der Waals surface area contributed by atoms with E-state index in [1.807, 2.05) is 67.6 Å². The summed E-state index contributed by atoms with van der Waals surface area (Å²) in [5.74, 6) is -1.47. The van der Waals surface area contributed by atoms with E-state index in [1.165, 1.54) is 12.2 Å². The molecule has 18 heteroatoms. The molecule has 0 spiro atoms. The van der Waals surface area contributed by atoms with Gasteiger partial charge in [0.05, 0.1) is 58.2 Å². The monoisotopic (exact) mass is 1100 g/mol. The topological polar surface area (TPSA) is 150 Å². The van der Waals surface area contributed by atoms with Crippen LogP contribution >= 0.6 is 65.8 Å². The van der Waals surface area contributed by atoms with Crippen LogP contribution in [0.25, 0.3) is 20.9 Å². The molecule has 2 aromatic heterocycles. The van der Waals surface area contributed by atoms with E-state index < -0.39 is 42.1 Å². The Balaban J connectivity index is 0.851. The van der Waals surface area contributed by atoms with Gasteiger partial charge in [0, 0.05) is 21.7 Å². The molecule has 12 nitrogen and oxygen atoms in total. The predicted molar refractivity (Wildman–Crippen MR) is 289 cm³/mol. The maximum Gasteiger partial charge on any atom is 0.330 e. The van der Waals surface area contributed by atoms with Crippen LogP contribution in [0.4, 0.5) is 0 Å². The molecule has 1 saturated carbocycles. The van der Waals surface area contributed by atoms with Gasteiger partial charge in [-0.1, -0.05) is 77.9 Å². The van der Waals surface area contributed by atoms with Crippen LogP contribution in [0.1, 0.15) is 116 Å². The number of allylic oxidation sites excluding steroid dienone is 2. The van der Waals surface area contributed by atoms with Crippen LogP contribution in [0.5, 0.6) is 11.5 Å². The second-order valence-corrected chi connectivity index (χ2v) is 23.7. The Labute approximate surface area is 447 Å². The van der Waals surface area contributed by atoms with Crippen molar-refractivity contribution in [1.29, 1.82) is 0 Å². The van der Waals surface area contributed by atoms with Gasteiger partial charge in [0.25, 0.3) is 0 Å². The normalized spacial score (nSPS) is 19.8. The van der Waals surface area contributed by atoms with Crippen molar-refractivity contribution in [3.8, 4) is 32.4 Å². The Morgan fingerprint density at radius 1 is 0.611 bits per heavy atom. The van der Waals surface area contributed by atoms with Gasteiger partial charge in [0.15, 0.2) is 0 Å². The van der Waals surface area contributed by atoms with E-state index in [1.54, 1.807) is 41.4 Å². The SMILES string of the molecule is C[C@H]1CCC/C=C/[C@@H]2C[C@H](OC(=O)CCC(=O)OCCCCCCOc3ccc(-c4cc(=S)ss4)cc3)C[C@H]2[C@H](OC(=O)CCC(=O)OCCCCCCOc2ccc(-c3cc(=S)ss3)cc2)/C=C/C(=O)O1. The molecule has 0 unspecified atom stereocenters. The lowest BCUT2D eigenvalue weighted by atomic mass is 9.89. The number of rotatable bonds is 26. The lowest BCUT2D eigenvalue weighted by molar-refractivity contribution is -0.155. The Hall–Kier alpha value is -4.59. The highest BCUT2D eigenvalue weighted by Gasteiger charge is 2.40. The van der Waals surface area contributed by atoms with Gasteiger partial charge in [0.2, 0.25) is 0 Å². The lowest BCUT2D eigenvalue weighted by Crippen LogP contribution is -2.28. The average Bonchev–Trinajstić information content (AvgIpc) is 4.12. The summed E-state index contributed by atoms with van der Waals surface area (Å²) in [6, 6.07) is 20.0. The molecule has 1 fully saturated rings. The number of fused-ring (bicyclic) bond motifs is 1. The molecule has 2 aromatic carbocycles. The maximum absolute atomic E-state index is 13.2. The number of unbranched alkanes of at least 4 members (excludes halogenated alkanes) is 6. The van der Waals surface area contributed by atoms with Crippen molar-refractivity contribution in [2.45, 2.75) is 134 Å². The highest BCUT2D eigenvalue weighted by molar-refractivity contribution is 7.80. The molecule has 6 rings (SSSR count). The van der Waals surface area contributed by atoms with E-state index in [-0.39, 0.29) is 56.8 Å². The Kier molecular flexibility index (Phi) is 24.6. The Morgan fingerprint density at radius 2 is 1.11 bits per heavy atom. The first-order valence-electron chi connectivity index (χ1n) is 24.9. The number of carbonyl (C=O) groups excluding carboxylic acids is 5. The van der Waals surface area contributed by atoms with Gasteiger partial charge >= 0.3 is 29.8 Å². The van der Waals surface area contributed by atoms with Crippen molar-refractivity contribution < 1.29 is 57.1 Å². The van der Waals surface area contributed by atoms with Crippen molar-refractivity contribution >= 4 is 95.6 Å². The second kappa shape index (κ2) is 31.2. The molecular weight excluding hydrogens is 1030 g/mol. The highest BCUT2D eigenvalue weighted by Crippen LogP contribution is 2.40. The fraction of sp³-hybridized carbons (Fsp3) is 0.500. The first-order valence-corrected chi connectivity index (χ1v) is 30.0. The van der Waals surface area contributed by atoms with Crippen LogP contribution in [0.3, 0.4) is 0 Å². The van der Waals surface area contributed by atoms with Crippen molar-refractivity contribution in [1.82, 2.24) is 0 Å². The summed E-state index contributed by atoms with van der Waals surface area (Å²) < 4.78 is 41.7. The maximum atomic E-state index is 13.2. The molecule has 72 heavy (non-hydrogen) atoms. The number of hydrogen-bond acceptors (Lipinski definition) is 18. The number of carbonyl (C=O) groups is 5. The van der Waals surface area contributed by atoms with Crippen LogP contribution in [0, 0.1) is 19.5 Å². The Bertz CT molecular complexity index is 2500. The summed E-state index contributed by atoms with van der Waals surface area (Å²) >= 11 is 10.5. The second-order valence-electron chi connectivity index (χ2n) is 17.8. The third-order valence-electron chi connectivity index (χ3n) is 12.1. The average molecular weight is 1100 g/mol. The van der Waals surface area contributed by atoms with Gasteiger partial charge < -0.3 is 33.2 Å². The van der Waals surface area contributed by atoms with Gasteiger partial charge in [-0.3, -0.25) is 19.2 Å². The summed E-state index contributed by atoms with van der Waals surface area (Å²) in [7, 11) is 6.53. The van der Waals surface area contributed by atoms with E-state index >= 15 is 0 Å². The van der Waals surface area contributed by atoms with E-state index in [4.69, 9.17) is 57.6 Å². The molecule has 0 N–H and O–H groups in total. The minimum atomic E-state index is -0.857. The molecule has 0 bridgehead atoms. The molecule has 0 radical (unpaired) electrons. The number of cyclic esters (lactones) is 1. The van der Waals surface area contributed by atoms with Gasteiger partial charge in [0.1, 0.15) is 31.4 Å². The predicted octanol–water partition coefficient (Wildman–Crippen LogP) is 14.0. The summed E-state index contributed by atoms with van der Waals surface area (Å²) in [5.41, 5.74) is 2.25. The number of hydrogen-bond donors (Lipinski definition) is 0. The quantitative estimate of drug-likeness (QED) is 0.0146. The summed E-state index contributed by atoms with van der Waals surface area (Å²) in [6.07, 6.45) is 14.5. The molecule has 388 valence electrons. The van der Waals surface area contributed by atoms with Gasteiger partial charge in [-0.05, 0) is 174 Å². The number of benzene rings is 2. The first-order chi connectivity index (χ1) is 35.0. The van der Waals surface area contributed by atoms with E-state index in [0.717, 1.165) is 91.4 Å². The molecule has 0 saturated heterocycles. The largest absolute Gasteiger partial charge is 0.494 e. The van der Waals surface area contributed by atoms with Crippen LogP contribution in [-0.4, -0.2) is 74.6 Å². The molecule has 5 atom stereocenters. The van der Waals surface area contributed by atoms with Gasteiger partial charge in [-0.2, -0.15) is 0 Å². The first kappa shape index (κ1) is 56.7. The molecular formula is C54H64O12S6. The van der Waals surface area contributed by atoms with E-state index in [2.05, 4.69) is 12.2 Å². The number of esters is 5. The van der Waals surface area contributed by atoms with E-state index in [9.17, 15) is 24.0 Å². The standard InChI is InChI=1S/C54H64O12S6/c1-37-13-7-6-8-14-40-33-43(65-51(58)27-25-48(55)62-31-11-4-2-9-29-60-41-19-15-38(16-20-41)46-35-53(67)71-69-46)34-44(40)45(23-24-50(57)64-37)66-52(59)28-26-49(56)63-32-12-5-3-10-30-61-42-21-17-39(18-22-42)47-36-54(68)72-70-47/h8,14-24,35-37,40,43-45H,2-7,9-13,25-34H2,1H3/b14-8+,24-23+/t37-,40+,43-,44+,45+/m0/s1. The van der Waals surface area contributed by atoms with Crippen LogP contribution < -0.4 is 9.47 Å². The summed E-state index contributed by atoms with van der Waals surface area (Å²) in [6.45, 7) is 3.54. The smallest absolute Gasteiger partial charge is 0.330 e. The van der Waals surface area contributed by atoms with Crippen molar-refractivity contribution in [3.05, 3.63) is 92.6 Å². The third-order valence-corrected chi connectivity index (χ3v) is 17.9. The van der Waals surface area contributed by atoms with Crippen LogP contribution in [0.15, 0.2) is 85.0 Å². The zero-order valence-corrected chi connectivity index (χ0v) is 45.6. The third kappa shape index (κ3) is 20.7. The lowest BCUT2D eigenvalue weighted by Gasteiger charge is -2.24. The molecule has 1 aliphatic heterocycles. The Morgan fingerprint density at radius 3 is 1.62 bits per heavy atom. The van der Waals surface area contributed by atoms with Crippen LogP contribution in [-0.2, 0) is 47.7 Å². The summed E-state index contributed by atoms with van der Waals surface area (Å²) in [5, 5.41) is 0. The highest BCUT2D eigenvalue weighted by atomic mass is 32.9. The minimum Gasteiger partial charge on any atom is -0.494 e. The molecule has 2 aliphatic rings. The molecule has 4 aromatic rings. The van der Waals surface area contributed by atoms with Crippen molar-refractivity contribution in [2.24, 2.45) is 11.8 Å². The van der Waals surface area contributed by atoms with Crippen molar-refractivity contribution in [2.75, 3.05) is 26.4 Å². The molecule has 3 heterocycles. The minimum absolute atomic E-state index is 0.0983. The van der Waals surface area contributed by atoms with Crippen LogP contribution in [0.2, 0.25) is 0 Å². The number of ether oxygens (including phenoxy) is 7. The zero-order chi connectivity index (χ0) is 50.9. The molecule has 1 aliphatic carbocycles. The molecule has 0 amide bonds. The van der Waals surface area contributed by atoms with Gasteiger partial charge in [-0.25, -0.2) is 4.79 Å². The van der Waals surface area contributed by atoms with Crippen molar-refractivity contribution in [3.63, 3.8) is 0 Å². The van der Waals surface area contributed by atoms with E-state index in [0.29, 0.717) is 45.3 Å². The van der Waals surface area contributed by atoms with Gasteiger partial charge in [-0.15, -0.1) is 0 Å². The fourth-order valence-corrected chi connectivity index (χ4v) is 13.1. The zero-order valence-electron chi connectivity index (χ0n) is 40.7. The summed E-state index contributed by atoms with van der Waals surface area (Å²) in [4.78, 5) is 66.4. The fourth-order valence-electron chi connectivity index (χ4n) is 8.33.